The molecule has 1 unspecified atom stereocenters. The number of nitrogens with zero attached hydrogens (tertiary/aromatic N) is 2. The molecule has 2 fully saturated rings. The Morgan fingerprint density at radius 2 is 1.96 bits per heavy atom. The number of β-amino-alcohol motifs (C(OH)–C–C–N with tert-alkyl or cyclic N) is 1. The number of likely N-dealkylation sites (tertiary alicyclic amines) is 1. The van der Waals surface area contributed by atoms with Gasteiger partial charge < -0.3 is 20.2 Å². The number of carbonyl (C=O) groups excluding carboxylic acids is 2. The highest BCUT2D eigenvalue weighted by molar-refractivity contribution is 5.87. The van der Waals surface area contributed by atoms with E-state index in [4.69, 9.17) is 0 Å². The van der Waals surface area contributed by atoms with Gasteiger partial charge in [-0.2, -0.15) is 0 Å². The van der Waals surface area contributed by atoms with Gasteiger partial charge in [0, 0.05) is 44.7 Å². The van der Waals surface area contributed by atoms with Gasteiger partial charge in [0.2, 0.25) is 11.8 Å². The molecule has 2 aliphatic rings. The number of benzene rings is 1. The first-order valence-electron chi connectivity index (χ1n) is 8.60. The average molecular weight is 331 g/mol. The maximum atomic E-state index is 12.6. The number of rotatable bonds is 3. The second-order valence-electron chi connectivity index (χ2n) is 6.71. The molecule has 3 atom stereocenters. The molecule has 24 heavy (non-hydrogen) atoms. The predicted octanol–water partition coefficient (Wildman–Crippen LogP) is 0.753. The molecule has 130 valence electrons. The SMILES string of the molecule is CC(=O)N1C[C@H](O)C[C@@H]1C(=O)NC1CCCN(c2ccccc2)C1. The lowest BCUT2D eigenvalue weighted by atomic mass is 10.0. The van der Waals surface area contributed by atoms with Gasteiger partial charge in [-0.15, -0.1) is 0 Å². The summed E-state index contributed by atoms with van der Waals surface area (Å²) >= 11 is 0. The van der Waals surface area contributed by atoms with E-state index in [1.165, 1.54) is 11.8 Å². The van der Waals surface area contributed by atoms with Gasteiger partial charge in [0.25, 0.3) is 0 Å². The number of para-hydroxylation sites is 1. The molecular formula is C18H25N3O3. The number of hydrogen-bond acceptors (Lipinski definition) is 4. The van der Waals surface area contributed by atoms with Crippen molar-refractivity contribution in [3.8, 4) is 0 Å². The van der Waals surface area contributed by atoms with Gasteiger partial charge in [-0.25, -0.2) is 0 Å². The maximum Gasteiger partial charge on any atom is 0.243 e. The average Bonchev–Trinajstić information content (AvgIpc) is 2.98. The van der Waals surface area contributed by atoms with Crippen LogP contribution in [0.4, 0.5) is 5.69 Å². The van der Waals surface area contributed by atoms with Gasteiger partial charge in [0.1, 0.15) is 6.04 Å². The summed E-state index contributed by atoms with van der Waals surface area (Å²) in [4.78, 5) is 28.0. The minimum absolute atomic E-state index is 0.0676. The van der Waals surface area contributed by atoms with Gasteiger partial charge >= 0.3 is 0 Å². The van der Waals surface area contributed by atoms with Crippen LogP contribution in [0.5, 0.6) is 0 Å². The van der Waals surface area contributed by atoms with Crippen LogP contribution in [-0.2, 0) is 9.59 Å². The van der Waals surface area contributed by atoms with Crippen molar-refractivity contribution in [2.24, 2.45) is 0 Å². The third-order valence-corrected chi connectivity index (χ3v) is 4.88. The lowest BCUT2D eigenvalue weighted by molar-refractivity contribution is -0.137. The van der Waals surface area contributed by atoms with Crippen LogP contribution in [0.2, 0.25) is 0 Å². The molecule has 0 radical (unpaired) electrons. The smallest absolute Gasteiger partial charge is 0.243 e. The van der Waals surface area contributed by atoms with Gasteiger partial charge in [0.15, 0.2) is 0 Å². The van der Waals surface area contributed by atoms with Crippen molar-refractivity contribution in [1.82, 2.24) is 10.2 Å². The van der Waals surface area contributed by atoms with Crippen LogP contribution in [0.25, 0.3) is 0 Å². The van der Waals surface area contributed by atoms with E-state index in [9.17, 15) is 14.7 Å². The van der Waals surface area contributed by atoms with Crippen LogP contribution in [0.15, 0.2) is 30.3 Å². The first kappa shape index (κ1) is 16.8. The van der Waals surface area contributed by atoms with E-state index in [-0.39, 0.29) is 24.4 Å². The summed E-state index contributed by atoms with van der Waals surface area (Å²) in [5, 5.41) is 12.9. The van der Waals surface area contributed by atoms with E-state index in [1.54, 1.807) is 0 Å². The summed E-state index contributed by atoms with van der Waals surface area (Å²) in [6, 6.07) is 9.70. The molecule has 2 aliphatic heterocycles. The standard InChI is InChI=1S/C18H25N3O3/c1-13(22)21-12-16(23)10-17(21)18(24)19-14-6-5-9-20(11-14)15-7-3-2-4-8-15/h2-4,7-8,14,16-17,23H,5-6,9-12H2,1H3,(H,19,24)/t14?,16-,17-/m1/s1. The Bertz CT molecular complexity index is 592. The fourth-order valence-corrected chi connectivity index (χ4v) is 3.68. The fourth-order valence-electron chi connectivity index (χ4n) is 3.68. The van der Waals surface area contributed by atoms with Crippen LogP contribution >= 0.6 is 0 Å². The van der Waals surface area contributed by atoms with Gasteiger partial charge in [-0.3, -0.25) is 9.59 Å². The minimum atomic E-state index is -0.614. The number of carbonyl (C=O) groups is 2. The van der Waals surface area contributed by atoms with E-state index in [0.29, 0.717) is 6.42 Å². The number of hydrogen-bond donors (Lipinski definition) is 2. The van der Waals surface area contributed by atoms with E-state index < -0.39 is 12.1 Å². The zero-order valence-electron chi connectivity index (χ0n) is 14.0. The van der Waals surface area contributed by atoms with Gasteiger partial charge in [-0.05, 0) is 25.0 Å². The van der Waals surface area contributed by atoms with E-state index in [0.717, 1.165) is 31.6 Å². The van der Waals surface area contributed by atoms with Crippen LogP contribution in [0.3, 0.4) is 0 Å². The highest BCUT2D eigenvalue weighted by atomic mass is 16.3. The number of anilines is 1. The van der Waals surface area contributed by atoms with Crippen molar-refractivity contribution in [3.63, 3.8) is 0 Å². The molecule has 0 saturated carbocycles. The topological polar surface area (TPSA) is 72.9 Å². The van der Waals surface area contributed by atoms with Gasteiger partial charge in [0.05, 0.1) is 6.10 Å². The number of amides is 2. The maximum absolute atomic E-state index is 12.6. The van der Waals surface area contributed by atoms with E-state index in [1.807, 2.05) is 18.2 Å². The molecule has 0 aliphatic carbocycles. The fraction of sp³-hybridized carbons (Fsp3) is 0.556. The minimum Gasteiger partial charge on any atom is -0.391 e. The van der Waals surface area contributed by atoms with Crippen LogP contribution in [0, 0.1) is 0 Å². The summed E-state index contributed by atoms with van der Waals surface area (Å²) in [6.07, 6.45) is 1.66. The first-order chi connectivity index (χ1) is 11.5. The van der Waals surface area contributed by atoms with Crippen molar-refractivity contribution >= 4 is 17.5 Å². The number of aliphatic hydroxyl groups is 1. The van der Waals surface area contributed by atoms with Crippen LogP contribution in [-0.4, -0.2) is 59.6 Å². The molecular weight excluding hydrogens is 306 g/mol. The Hall–Kier alpha value is -2.08. The molecule has 0 bridgehead atoms. The Morgan fingerprint density at radius 3 is 2.67 bits per heavy atom. The summed E-state index contributed by atoms with van der Waals surface area (Å²) in [5.41, 5.74) is 1.16. The molecule has 6 nitrogen and oxygen atoms in total. The zero-order chi connectivity index (χ0) is 17.1. The molecule has 1 aromatic rings. The molecule has 3 rings (SSSR count). The van der Waals surface area contributed by atoms with Crippen molar-refractivity contribution in [2.75, 3.05) is 24.5 Å². The van der Waals surface area contributed by atoms with Crippen molar-refractivity contribution in [1.29, 1.82) is 0 Å². The predicted molar refractivity (Wildman–Crippen MR) is 91.6 cm³/mol. The van der Waals surface area contributed by atoms with Crippen molar-refractivity contribution in [3.05, 3.63) is 30.3 Å². The molecule has 6 heteroatoms. The van der Waals surface area contributed by atoms with Gasteiger partial charge in [-0.1, -0.05) is 18.2 Å². The summed E-state index contributed by atoms with van der Waals surface area (Å²) in [6.45, 7) is 3.44. The third kappa shape index (κ3) is 3.70. The molecule has 0 aromatic heterocycles. The Labute approximate surface area is 142 Å². The van der Waals surface area contributed by atoms with Crippen LogP contribution in [0.1, 0.15) is 26.2 Å². The quantitative estimate of drug-likeness (QED) is 0.857. The monoisotopic (exact) mass is 331 g/mol. The summed E-state index contributed by atoms with van der Waals surface area (Å²) < 4.78 is 0. The molecule has 2 heterocycles. The largest absolute Gasteiger partial charge is 0.391 e. The Balaban J connectivity index is 1.61. The normalized spacial score (nSPS) is 27.2. The molecule has 0 spiro atoms. The number of piperidine rings is 1. The molecule has 2 saturated heterocycles. The lowest BCUT2D eigenvalue weighted by Gasteiger charge is -2.35. The molecule has 2 N–H and O–H groups in total. The summed E-state index contributed by atoms with van der Waals surface area (Å²) in [7, 11) is 0. The second-order valence-corrected chi connectivity index (χ2v) is 6.71. The Morgan fingerprint density at radius 1 is 1.21 bits per heavy atom. The van der Waals surface area contributed by atoms with E-state index in [2.05, 4.69) is 22.3 Å². The Kier molecular flexibility index (Phi) is 5.04. The van der Waals surface area contributed by atoms with Crippen LogP contribution < -0.4 is 10.2 Å². The molecule has 1 aromatic carbocycles. The van der Waals surface area contributed by atoms with Crippen molar-refractivity contribution < 1.29 is 14.7 Å². The van der Waals surface area contributed by atoms with Crippen molar-refractivity contribution in [2.45, 2.75) is 44.4 Å². The van der Waals surface area contributed by atoms with E-state index >= 15 is 0 Å². The highest BCUT2D eigenvalue weighted by Crippen LogP contribution is 2.21. The first-order valence-corrected chi connectivity index (χ1v) is 8.60. The molecule has 2 amide bonds. The lowest BCUT2D eigenvalue weighted by Crippen LogP contribution is -2.53. The number of aliphatic hydroxyl groups excluding tert-OH is 1. The second kappa shape index (κ2) is 7.21. The zero-order valence-corrected chi connectivity index (χ0v) is 14.0. The third-order valence-electron chi connectivity index (χ3n) is 4.88. The highest BCUT2D eigenvalue weighted by Gasteiger charge is 2.38. The number of nitrogens with one attached hydrogen (secondary N) is 1. The summed E-state index contributed by atoms with van der Waals surface area (Å²) in [5.74, 6) is -0.317.